The number of hydrogen-bond donors (Lipinski definition) is 2. The first kappa shape index (κ1) is 14.5. The Morgan fingerprint density at radius 1 is 1.16 bits per heavy atom. The molecule has 0 aliphatic rings. The van der Waals surface area contributed by atoms with E-state index >= 15 is 0 Å². The molecular formula is C15H15BrClNO. The molecule has 100 valence electrons. The highest BCUT2D eigenvalue weighted by atomic mass is 79.9. The molecule has 0 fully saturated rings. The number of nitrogens with two attached hydrogens (primary N) is 1. The lowest BCUT2D eigenvalue weighted by atomic mass is 9.97. The summed E-state index contributed by atoms with van der Waals surface area (Å²) in [6.45, 7) is 0. The van der Waals surface area contributed by atoms with Crippen LogP contribution in [0.2, 0.25) is 5.02 Å². The number of halogens is 2. The molecule has 2 nitrogen and oxygen atoms in total. The Labute approximate surface area is 126 Å². The topological polar surface area (TPSA) is 46.2 Å². The molecule has 2 aromatic rings. The molecule has 0 aliphatic carbocycles. The van der Waals surface area contributed by atoms with Crippen LogP contribution in [0.5, 0.6) is 0 Å². The van der Waals surface area contributed by atoms with Gasteiger partial charge in [-0.05, 0) is 24.1 Å². The summed E-state index contributed by atoms with van der Waals surface area (Å²) in [5, 5.41) is 10.8. The average molecular weight is 341 g/mol. The van der Waals surface area contributed by atoms with Gasteiger partial charge in [0.05, 0.1) is 6.10 Å². The molecule has 0 heterocycles. The van der Waals surface area contributed by atoms with Crippen molar-refractivity contribution in [2.24, 2.45) is 5.73 Å². The molecule has 4 heteroatoms. The maximum Gasteiger partial charge on any atom is 0.0958 e. The Morgan fingerprint density at radius 3 is 2.47 bits per heavy atom. The third-order valence-corrected chi connectivity index (χ3v) is 3.82. The molecule has 3 N–H and O–H groups in total. The van der Waals surface area contributed by atoms with E-state index in [0.717, 1.165) is 10.0 Å². The summed E-state index contributed by atoms with van der Waals surface area (Å²) in [6, 6.07) is 14.9. The van der Waals surface area contributed by atoms with E-state index in [1.54, 1.807) is 12.1 Å². The van der Waals surface area contributed by atoms with Crippen molar-refractivity contribution in [3.8, 4) is 0 Å². The first-order valence-corrected chi connectivity index (χ1v) is 7.17. The Balaban J connectivity index is 2.12. The highest BCUT2D eigenvalue weighted by Gasteiger charge is 2.19. The van der Waals surface area contributed by atoms with Crippen LogP contribution < -0.4 is 5.73 Å². The molecule has 0 saturated heterocycles. The molecule has 0 amide bonds. The molecule has 0 bridgehead atoms. The quantitative estimate of drug-likeness (QED) is 0.891. The summed E-state index contributed by atoms with van der Waals surface area (Å²) in [7, 11) is 0. The van der Waals surface area contributed by atoms with Crippen LogP contribution in [0.4, 0.5) is 0 Å². The van der Waals surface area contributed by atoms with Crippen LogP contribution in [0.1, 0.15) is 17.2 Å². The van der Waals surface area contributed by atoms with E-state index in [-0.39, 0.29) is 6.04 Å². The third-order valence-electron chi connectivity index (χ3n) is 3.00. The zero-order chi connectivity index (χ0) is 13.8. The van der Waals surface area contributed by atoms with E-state index in [1.807, 2.05) is 36.4 Å². The summed E-state index contributed by atoms with van der Waals surface area (Å²) in [5.41, 5.74) is 7.83. The summed E-state index contributed by atoms with van der Waals surface area (Å²) in [6.07, 6.45) is -0.171. The number of hydrogen-bond acceptors (Lipinski definition) is 2. The van der Waals surface area contributed by atoms with Crippen molar-refractivity contribution in [1.82, 2.24) is 0 Å². The minimum Gasteiger partial charge on any atom is -0.387 e. The lowest BCUT2D eigenvalue weighted by Gasteiger charge is -2.20. The summed E-state index contributed by atoms with van der Waals surface area (Å²) >= 11 is 9.46. The standard InChI is InChI=1S/C15H15BrClNO/c16-11-6-7-12(13(17)9-11)15(19)14(18)8-10-4-2-1-3-5-10/h1-7,9,14-15,19H,8,18H2. The summed E-state index contributed by atoms with van der Waals surface area (Å²) < 4.78 is 0.880. The summed E-state index contributed by atoms with van der Waals surface area (Å²) in [5.74, 6) is 0. The van der Waals surface area contributed by atoms with Crippen LogP contribution in [-0.2, 0) is 6.42 Å². The largest absolute Gasteiger partial charge is 0.387 e. The number of rotatable bonds is 4. The SMILES string of the molecule is NC(Cc1ccccc1)C(O)c1ccc(Br)cc1Cl. The molecule has 0 saturated carbocycles. The smallest absolute Gasteiger partial charge is 0.0958 e. The predicted octanol–water partition coefficient (Wildman–Crippen LogP) is 3.71. The van der Waals surface area contributed by atoms with E-state index in [0.29, 0.717) is 17.0 Å². The fourth-order valence-electron chi connectivity index (χ4n) is 1.97. The van der Waals surface area contributed by atoms with E-state index in [1.165, 1.54) is 0 Å². The second kappa shape index (κ2) is 6.53. The molecule has 2 rings (SSSR count). The lowest BCUT2D eigenvalue weighted by molar-refractivity contribution is 0.146. The van der Waals surface area contributed by atoms with Gasteiger partial charge < -0.3 is 10.8 Å². The number of benzene rings is 2. The first-order valence-electron chi connectivity index (χ1n) is 6.00. The normalized spacial score (nSPS) is 14.1. The monoisotopic (exact) mass is 339 g/mol. The van der Waals surface area contributed by atoms with Gasteiger partial charge in [-0.25, -0.2) is 0 Å². The van der Waals surface area contributed by atoms with Gasteiger partial charge in [0.15, 0.2) is 0 Å². The fraction of sp³-hybridized carbons (Fsp3) is 0.200. The van der Waals surface area contributed by atoms with Gasteiger partial charge in [0.1, 0.15) is 0 Å². The van der Waals surface area contributed by atoms with Crippen LogP contribution in [0.25, 0.3) is 0 Å². The van der Waals surface area contributed by atoms with Gasteiger partial charge in [0.2, 0.25) is 0 Å². The second-order valence-corrected chi connectivity index (χ2v) is 5.79. The third kappa shape index (κ3) is 3.80. The van der Waals surface area contributed by atoms with Crippen molar-refractivity contribution in [2.75, 3.05) is 0 Å². The highest BCUT2D eigenvalue weighted by Crippen LogP contribution is 2.28. The zero-order valence-corrected chi connectivity index (χ0v) is 12.6. The first-order chi connectivity index (χ1) is 9.08. The lowest BCUT2D eigenvalue weighted by Crippen LogP contribution is -2.30. The second-order valence-electron chi connectivity index (χ2n) is 4.46. The van der Waals surface area contributed by atoms with Gasteiger partial charge in [-0.1, -0.05) is 63.9 Å². The van der Waals surface area contributed by atoms with Crippen molar-refractivity contribution in [3.63, 3.8) is 0 Å². The molecule has 0 aliphatic heterocycles. The predicted molar refractivity (Wildman–Crippen MR) is 82.2 cm³/mol. The fourth-order valence-corrected chi connectivity index (χ4v) is 2.76. The Hall–Kier alpha value is -0.870. The molecule has 0 radical (unpaired) electrons. The summed E-state index contributed by atoms with van der Waals surface area (Å²) in [4.78, 5) is 0. The number of aliphatic hydroxyl groups excluding tert-OH is 1. The van der Waals surface area contributed by atoms with Gasteiger partial charge in [0.25, 0.3) is 0 Å². The van der Waals surface area contributed by atoms with Crippen LogP contribution in [0, 0.1) is 0 Å². The average Bonchev–Trinajstić information content (AvgIpc) is 2.39. The minimum absolute atomic E-state index is 0.388. The van der Waals surface area contributed by atoms with Crippen LogP contribution in [-0.4, -0.2) is 11.1 Å². The van der Waals surface area contributed by atoms with Crippen molar-refractivity contribution in [2.45, 2.75) is 18.6 Å². The molecule has 0 spiro atoms. The maximum absolute atomic E-state index is 10.3. The minimum atomic E-state index is -0.777. The van der Waals surface area contributed by atoms with Crippen molar-refractivity contribution in [3.05, 3.63) is 69.2 Å². The van der Waals surface area contributed by atoms with Gasteiger partial charge in [0, 0.05) is 21.1 Å². The van der Waals surface area contributed by atoms with Crippen LogP contribution in [0.15, 0.2) is 53.0 Å². The maximum atomic E-state index is 10.3. The molecular weight excluding hydrogens is 326 g/mol. The van der Waals surface area contributed by atoms with Gasteiger partial charge in [-0.15, -0.1) is 0 Å². The molecule has 2 aromatic carbocycles. The van der Waals surface area contributed by atoms with Crippen LogP contribution >= 0.6 is 27.5 Å². The van der Waals surface area contributed by atoms with Gasteiger partial charge in [-0.3, -0.25) is 0 Å². The van der Waals surface area contributed by atoms with Crippen molar-refractivity contribution >= 4 is 27.5 Å². The Bertz CT molecular complexity index is 547. The van der Waals surface area contributed by atoms with E-state index in [2.05, 4.69) is 15.9 Å². The van der Waals surface area contributed by atoms with Crippen molar-refractivity contribution in [1.29, 1.82) is 0 Å². The van der Waals surface area contributed by atoms with Crippen LogP contribution in [0.3, 0.4) is 0 Å². The molecule has 0 aromatic heterocycles. The van der Waals surface area contributed by atoms with Gasteiger partial charge in [-0.2, -0.15) is 0 Å². The highest BCUT2D eigenvalue weighted by molar-refractivity contribution is 9.10. The molecule has 19 heavy (non-hydrogen) atoms. The number of aliphatic hydroxyl groups is 1. The Kier molecular flexibility index (Phi) is 4.99. The van der Waals surface area contributed by atoms with E-state index in [9.17, 15) is 5.11 Å². The van der Waals surface area contributed by atoms with E-state index < -0.39 is 6.10 Å². The molecule has 2 atom stereocenters. The zero-order valence-electron chi connectivity index (χ0n) is 10.3. The van der Waals surface area contributed by atoms with Crippen molar-refractivity contribution < 1.29 is 5.11 Å². The van der Waals surface area contributed by atoms with E-state index in [4.69, 9.17) is 17.3 Å². The molecule has 2 unspecified atom stereocenters. The van der Waals surface area contributed by atoms with Gasteiger partial charge >= 0.3 is 0 Å². The Morgan fingerprint density at radius 2 is 1.84 bits per heavy atom.